The Kier molecular flexibility index (Phi) is 6.64. The minimum atomic E-state index is -0.844. The molecule has 0 saturated heterocycles. The number of esters is 1. The molecule has 1 aromatic heterocycles. The number of rotatable bonds is 6. The summed E-state index contributed by atoms with van der Waals surface area (Å²) in [6, 6.07) is 14.6. The maximum atomic E-state index is 12.9. The van der Waals surface area contributed by atoms with E-state index in [1.807, 2.05) is 30.3 Å². The van der Waals surface area contributed by atoms with E-state index in [1.165, 1.54) is 18.8 Å². The average molecular weight is 378 g/mol. The van der Waals surface area contributed by atoms with Crippen LogP contribution in [0.4, 0.5) is 5.69 Å². The van der Waals surface area contributed by atoms with Crippen molar-refractivity contribution in [3.05, 3.63) is 60.1 Å². The van der Waals surface area contributed by atoms with E-state index < -0.39 is 12.6 Å². The molecule has 0 aliphatic heterocycles. The van der Waals surface area contributed by atoms with Gasteiger partial charge in [0.1, 0.15) is 17.4 Å². The van der Waals surface area contributed by atoms with Crippen molar-refractivity contribution < 1.29 is 18.7 Å². The van der Waals surface area contributed by atoms with Gasteiger partial charge in [-0.15, -0.1) is 0 Å². The number of para-hydroxylation sites is 1. The molecule has 1 heterocycles. The smallest absolute Gasteiger partial charge is 0.349 e. The van der Waals surface area contributed by atoms with Gasteiger partial charge < -0.3 is 14.1 Å². The van der Waals surface area contributed by atoms with Crippen LogP contribution in [0.25, 0.3) is 6.08 Å². The van der Waals surface area contributed by atoms with Crippen molar-refractivity contribution in [1.29, 1.82) is 5.26 Å². The van der Waals surface area contributed by atoms with Crippen LogP contribution in [0.15, 0.2) is 58.7 Å². The third kappa shape index (κ3) is 4.89. The van der Waals surface area contributed by atoms with Crippen molar-refractivity contribution in [1.82, 2.24) is 0 Å². The van der Waals surface area contributed by atoms with E-state index in [1.54, 1.807) is 23.1 Å². The monoisotopic (exact) mass is 378 g/mol. The summed E-state index contributed by atoms with van der Waals surface area (Å²) in [5.41, 5.74) is 0.578. The van der Waals surface area contributed by atoms with Gasteiger partial charge in [-0.3, -0.25) is 4.79 Å². The van der Waals surface area contributed by atoms with Crippen LogP contribution in [0, 0.1) is 11.3 Å². The summed E-state index contributed by atoms with van der Waals surface area (Å²) in [6.45, 7) is -0.415. The first-order valence-electron chi connectivity index (χ1n) is 9.38. The van der Waals surface area contributed by atoms with Gasteiger partial charge in [0.15, 0.2) is 6.61 Å². The molecule has 0 atom stereocenters. The molecule has 1 aliphatic rings. The van der Waals surface area contributed by atoms with E-state index in [-0.39, 0.29) is 17.5 Å². The number of furan rings is 1. The zero-order chi connectivity index (χ0) is 19.8. The second-order valence-electron chi connectivity index (χ2n) is 6.65. The number of hydrogen-bond acceptors (Lipinski definition) is 5. The Morgan fingerprint density at radius 3 is 2.54 bits per heavy atom. The Balaban J connectivity index is 1.69. The second kappa shape index (κ2) is 9.56. The predicted octanol–water partition coefficient (Wildman–Crippen LogP) is 4.10. The van der Waals surface area contributed by atoms with Crippen molar-refractivity contribution in [2.24, 2.45) is 0 Å². The first-order valence-corrected chi connectivity index (χ1v) is 9.38. The number of amides is 1. The van der Waals surface area contributed by atoms with Gasteiger partial charge in [-0.05, 0) is 37.1 Å². The van der Waals surface area contributed by atoms with Crippen LogP contribution in [0.1, 0.15) is 37.9 Å². The number of carbonyl (C=O) groups excluding carboxylic acids is 2. The highest BCUT2D eigenvalue weighted by molar-refractivity contribution is 6.00. The standard InChI is InChI=1S/C22H22N2O4/c23-15-17(14-20-12-7-13-27-20)22(26)28-16-21(25)24(18-8-3-1-4-9-18)19-10-5-2-6-11-19/h1,3-4,7-9,12-14,19H,2,5-6,10-11,16H2/b17-14+. The molecule has 6 heteroatoms. The second-order valence-corrected chi connectivity index (χ2v) is 6.65. The van der Waals surface area contributed by atoms with Gasteiger partial charge in [-0.25, -0.2) is 4.79 Å². The average Bonchev–Trinajstić information content (AvgIpc) is 3.25. The van der Waals surface area contributed by atoms with E-state index in [0.29, 0.717) is 5.76 Å². The molecular formula is C22H22N2O4. The van der Waals surface area contributed by atoms with Gasteiger partial charge in [-0.1, -0.05) is 37.5 Å². The summed E-state index contributed by atoms with van der Waals surface area (Å²) in [4.78, 5) is 26.8. The van der Waals surface area contributed by atoms with Crippen molar-refractivity contribution in [2.75, 3.05) is 11.5 Å². The molecule has 144 valence electrons. The molecule has 0 spiro atoms. The maximum Gasteiger partial charge on any atom is 0.349 e. The van der Waals surface area contributed by atoms with Gasteiger partial charge in [-0.2, -0.15) is 5.26 Å². The minimum absolute atomic E-state index is 0.0939. The Morgan fingerprint density at radius 2 is 1.89 bits per heavy atom. The molecule has 0 N–H and O–H groups in total. The molecule has 0 radical (unpaired) electrons. The highest BCUT2D eigenvalue weighted by atomic mass is 16.5. The van der Waals surface area contributed by atoms with Crippen LogP contribution in [-0.4, -0.2) is 24.5 Å². The fraction of sp³-hybridized carbons (Fsp3) is 0.318. The van der Waals surface area contributed by atoms with E-state index in [0.717, 1.165) is 31.4 Å². The summed E-state index contributed by atoms with van der Waals surface area (Å²) in [7, 11) is 0. The van der Waals surface area contributed by atoms with Crippen LogP contribution >= 0.6 is 0 Å². The molecule has 1 fully saturated rings. The Labute approximate surface area is 164 Å². The fourth-order valence-electron chi connectivity index (χ4n) is 3.41. The van der Waals surface area contributed by atoms with Crippen LogP contribution in [-0.2, 0) is 14.3 Å². The predicted molar refractivity (Wildman–Crippen MR) is 104 cm³/mol. The third-order valence-electron chi connectivity index (χ3n) is 4.74. The first-order chi connectivity index (χ1) is 13.7. The minimum Gasteiger partial charge on any atom is -0.465 e. The van der Waals surface area contributed by atoms with E-state index in [9.17, 15) is 14.9 Å². The quantitative estimate of drug-likeness (QED) is 0.429. The van der Waals surface area contributed by atoms with Crippen molar-refractivity contribution in [2.45, 2.75) is 38.1 Å². The zero-order valence-electron chi connectivity index (χ0n) is 15.5. The molecule has 1 aliphatic carbocycles. The zero-order valence-corrected chi connectivity index (χ0v) is 15.5. The topological polar surface area (TPSA) is 83.5 Å². The van der Waals surface area contributed by atoms with Crippen LogP contribution in [0.2, 0.25) is 0 Å². The Bertz CT molecular complexity index is 860. The fourth-order valence-corrected chi connectivity index (χ4v) is 3.41. The van der Waals surface area contributed by atoms with E-state index >= 15 is 0 Å². The van der Waals surface area contributed by atoms with Gasteiger partial charge in [0.25, 0.3) is 5.91 Å². The highest BCUT2D eigenvalue weighted by Gasteiger charge is 2.27. The van der Waals surface area contributed by atoms with Gasteiger partial charge in [0.2, 0.25) is 0 Å². The number of benzene rings is 1. The molecule has 0 bridgehead atoms. The Hall–Kier alpha value is -3.33. The number of nitrogens with zero attached hydrogens (tertiary/aromatic N) is 2. The third-order valence-corrected chi connectivity index (χ3v) is 4.74. The molecule has 2 aromatic rings. The molecule has 6 nitrogen and oxygen atoms in total. The number of anilines is 1. The van der Waals surface area contributed by atoms with Gasteiger partial charge in [0.05, 0.1) is 6.26 Å². The largest absolute Gasteiger partial charge is 0.465 e. The first kappa shape index (κ1) is 19.4. The van der Waals surface area contributed by atoms with Crippen LogP contribution < -0.4 is 4.90 Å². The summed E-state index contributed by atoms with van der Waals surface area (Å²) in [6.07, 6.45) is 7.91. The summed E-state index contributed by atoms with van der Waals surface area (Å²) < 4.78 is 10.2. The lowest BCUT2D eigenvalue weighted by molar-refractivity contribution is -0.143. The van der Waals surface area contributed by atoms with Crippen molar-refractivity contribution in [3.63, 3.8) is 0 Å². The van der Waals surface area contributed by atoms with Gasteiger partial charge in [0, 0.05) is 17.8 Å². The Morgan fingerprint density at radius 1 is 1.14 bits per heavy atom. The van der Waals surface area contributed by atoms with E-state index in [2.05, 4.69) is 0 Å². The SMILES string of the molecule is N#C/C(=C\c1ccco1)C(=O)OCC(=O)N(c1ccccc1)C1CCCCC1. The van der Waals surface area contributed by atoms with Gasteiger partial charge >= 0.3 is 5.97 Å². The molecule has 1 amide bonds. The highest BCUT2D eigenvalue weighted by Crippen LogP contribution is 2.27. The lowest BCUT2D eigenvalue weighted by Gasteiger charge is -2.34. The summed E-state index contributed by atoms with van der Waals surface area (Å²) >= 11 is 0. The summed E-state index contributed by atoms with van der Waals surface area (Å²) in [5.74, 6) is -0.765. The lowest BCUT2D eigenvalue weighted by atomic mass is 9.93. The molecule has 28 heavy (non-hydrogen) atoms. The van der Waals surface area contributed by atoms with Crippen LogP contribution in [0.5, 0.6) is 0 Å². The number of carbonyl (C=O) groups is 2. The number of hydrogen-bond donors (Lipinski definition) is 0. The maximum absolute atomic E-state index is 12.9. The van der Waals surface area contributed by atoms with E-state index in [4.69, 9.17) is 9.15 Å². The normalized spacial score (nSPS) is 14.9. The molecule has 0 unspecified atom stereocenters. The van der Waals surface area contributed by atoms with Crippen molar-refractivity contribution >= 4 is 23.6 Å². The number of ether oxygens (including phenoxy) is 1. The molecular weight excluding hydrogens is 356 g/mol. The number of nitriles is 1. The molecule has 3 rings (SSSR count). The van der Waals surface area contributed by atoms with Crippen molar-refractivity contribution in [3.8, 4) is 6.07 Å². The molecule has 1 aromatic carbocycles. The molecule has 1 saturated carbocycles. The summed E-state index contributed by atoms with van der Waals surface area (Å²) in [5, 5.41) is 9.20. The lowest BCUT2D eigenvalue weighted by Crippen LogP contribution is -2.43. The van der Waals surface area contributed by atoms with Crippen LogP contribution in [0.3, 0.4) is 0 Å².